The molecule has 1 aliphatic carbocycles. The van der Waals surface area contributed by atoms with E-state index in [1.54, 1.807) is 11.8 Å². The summed E-state index contributed by atoms with van der Waals surface area (Å²) in [7, 11) is 0. The molecule has 1 atom stereocenters. The first-order valence-electron chi connectivity index (χ1n) is 5.95. The molecule has 2 nitrogen and oxygen atoms in total. The molecule has 1 aliphatic heterocycles. The molecule has 0 bridgehead atoms. The minimum Gasteiger partial charge on any atom is -0.379 e. The number of thioether (sulfide) groups is 1. The van der Waals surface area contributed by atoms with Gasteiger partial charge in [-0.05, 0) is 36.5 Å². The molecule has 0 saturated heterocycles. The number of benzene rings is 1. The van der Waals surface area contributed by atoms with Gasteiger partial charge in [0, 0.05) is 5.75 Å². The van der Waals surface area contributed by atoms with Crippen LogP contribution in [-0.4, -0.2) is 10.9 Å². The Labute approximate surface area is 106 Å². The molecule has 2 N–H and O–H groups in total. The van der Waals surface area contributed by atoms with Crippen molar-refractivity contribution < 1.29 is 0 Å². The Morgan fingerprint density at radius 1 is 1.41 bits per heavy atom. The van der Waals surface area contributed by atoms with E-state index in [1.165, 1.54) is 16.7 Å². The van der Waals surface area contributed by atoms with E-state index in [9.17, 15) is 0 Å². The van der Waals surface area contributed by atoms with Gasteiger partial charge in [0.2, 0.25) is 0 Å². The zero-order chi connectivity index (χ0) is 11.9. The monoisotopic (exact) mass is 244 g/mol. The SMILES string of the molecule is CC1(c2ccc3c(c2)CC=C3)CCSC(N)=N1. The van der Waals surface area contributed by atoms with Gasteiger partial charge in [-0.25, -0.2) is 0 Å². The molecule has 0 radical (unpaired) electrons. The molecule has 0 spiro atoms. The Morgan fingerprint density at radius 3 is 3.12 bits per heavy atom. The van der Waals surface area contributed by atoms with Gasteiger partial charge in [0.15, 0.2) is 5.17 Å². The van der Waals surface area contributed by atoms with Gasteiger partial charge >= 0.3 is 0 Å². The van der Waals surface area contributed by atoms with Crippen LogP contribution < -0.4 is 5.73 Å². The fourth-order valence-corrected chi connectivity index (χ4v) is 3.46. The maximum absolute atomic E-state index is 5.86. The molecule has 1 aromatic rings. The van der Waals surface area contributed by atoms with Crippen molar-refractivity contribution in [3.63, 3.8) is 0 Å². The van der Waals surface area contributed by atoms with E-state index in [4.69, 9.17) is 5.73 Å². The van der Waals surface area contributed by atoms with Crippen molar-refractivity contribution in [2.75, 3.05) is 5.75 Å². The fourth-order valence-electron chi connectivity index (χ4n) is 2.49. The summed E-state index contributed by atoms with van der Waals surface area (Å²) in [6.07, 6.45) is 6.51. The molecular weight excluding hydrogens is 228 g/mol. The Balaban J connectivity index is 2.02. The summed E-state index contributed by atoms with van der Waals surface area (Å²) in [6.45, 7) is 2.18. The summed E-state index contributed by atoms with van der Waals surface area (Å²) in [5.41, 5.74) is 9.78. The van der Waals surface area contributed by atoms with E-state index >= 15 is 0 Å². The average molecular weight is 244 g/mol. The maximum atomic E-state index is 5.86. The third-order valence-electron chi connectivity index (χ3n) is 3.60. The number of aliphatic imine (C=N–C) groups is 1. The van der Waals surface area contributed by atoms with E-state index in [0.29, 0.717) is 0 Å². The standard InChI is InChI=1S/C14H16N2S/c1-14(7-8-17-13(15)16-14)12-6-5-10-3-2-4-11(10)9-12/h2-3,5-6,9H,4,7-8H2,1H3,(H2,15,16). The predicted molar refractivity (Wildman–Crippen MR) is 75.2 cm³/mol. The molecule has 1 aromatic carbocycles. The largest absolute Gasteiger partial charge is 0.379 e. The summed E-state index contributed by atoms with van der Waals surface area (Å²) >= 11 is 1.66. The second-order valence-corrected chi connectivity index (χ2v) is 5.96. The number of allylic oxidation sites excluding steroid dienone is 1. The molecule has 3 rings (SSSR count). The van der Waals surface area contributed by atoms with Crippen LogP contribution in [0.25, 0.3) is 6.08 Å². The lowest BCUT2D eigenvalue weighted by Crippen LogP contribution is -2.28. The van der Waals surface area contributed by atoms with Crippen molar-refractivity contribution in [3.05, 3.63) is 41.0 Å². The fraction of sp³-hybridized carbons (Fsp3) is 0.357. The van der Waals surface area contributed by atoms with Crippen LogP contribution in [0, 0.1) is 0 Å². The van der Waals surface area contributed by atoms with Crippen molar-refractivity contribution in [2.24, 2.45) is 10.7 Å². The van der Waals surface area contributed by atoms with Crippen LogP contribution in [0.15, 0.2) is 29.3 Å². The number of nitrogens with zero attached hydrogens (tertiary/aromatic N) is 1. The van der Waals surface area contributed by atoms with Crippen LogP contribution in [0.3, 0.4) is 0 Å². The highest BCUT2D eigenvalue weighted by Gasteiger charge is 2.29. The highest BCUT2D eigenvalue weighted by Crippen LogP contribution is 2.36. The maximum Gasteiger partial charge on any atom is 0.154 e. The van der Waals surface area contributed by atoms with E-state index in [0.717, 1.165) is 23.8 Å². The van der Waals surface area contributed by atoms with Gasteiger partial charge in [0.1, 0.15) is 0 Å². The van der Waals surface area contributed by atoms with Gasteiger partial charge < -0.3 is 5.73 Å². The van der Waals surface area contributed by atoms with Crippen molar-refractivity contribution in [1.29, 1.82) is 0 Å². The van der Waals surface area contributed by atoms with Crippen LogP contribution >= 0.6 is 11.8 Å². The highest BCUT2D eigenvalue weighted by atomic mass is 32.2. The zero-order valence-electron chi connectivity index (χ0n) is 9.94. The van der Waals surface area contributed by atoms with Crippen LogP contribution in [-0.2, 0) is 12.0 Å². The minimum absolute atomic E-state index is 0.132. The Kier molecular flexibility index (Phi) is 2.51. The van der Waals surface area contributed by atoms with Crippen molar-refractivity contribution >= 4 is 23.0 Å². The lowest BCUT2D eigenvalue weighted by molar-refractivity contribution is 0.481. The first kappa shape index (κ1) is 10.9. The summed E-state index contributed by atoms with van der Waals surface area (Å²) in [6, 6.07) is 6.69. The quantitative estimate of drug-likeness (QED) is 0.825. The molecule has 1 unspecified atom stereocenters. The van der Waals surface area contributed by atoms with E-state index in [2.05, 4.69) is 42.3 Å². The molecule has 0 amide bonds. The third-order valence-corrected chi connectivity index (χ3v) is 4.39. The molecular formula is C14H16N2S. The molecule has 0 saturated carbocycles. The number of amidine groups is 1. The molecule has 0 aromatic heterocycles. The Hall–Kier alpha value is -1.22. The number of rotatable bonds is 1. The van der Waals surface area contributed by atoms with Gasteiger partial charge in [-0.3, -0.25) is 4.99 Å². The van der Waals surface area contributed by atoms with E-state index in [-0.39, 0.29) is 5.54 Å². The first-order chi connectivity index (χ1) is 8.17. The van der Waals surface area contributed by atoms with Crippen LogP contribution in [0.2, 0.25) is 0 Å². The van der Waals surface area contributed by atoms with E-state index in [1.807, 2.05) is 0 Å². The lowest BCUT2D eigenvalue weighted by atomic mass is 9.88. The first-order valence-corrected chi connectivity index (χ1v) is 6.94. The van der Waals surface area contributed by atoms with Crippen LogP contribution in [0.4, 0.5) is 0 Å². The zero-order valence-corrected chi connectivity index (χ0v) is 10.8. The number of hydrogen-bond donors (Lipinski definition) is 1. The lowest BCUT2D eigenvalue weighted by Gasteiger charge is -2.30. The van der Waals surface area contributed by atoms with E-state index < -0.39 is 0 Å². The predicted octanol–water partition coefficient (Wildman–Crippen LogP) is 2.92. The van der Waals surface area contributed by atoms with Gasteiger partial charge in [0.25, 0.3) is 0 Å². The smallest absolute Gasteiger partial charge is 0.154 e. The summed E-state index contributed by atoms with van der Waals surface area (Å²) in [4.78, 5) is 4.65. The average Bonchev–Trinajstić information content (AvgIpc) is 2.75. The van der Waals surface area contributed by atoms with Crippen molar-refractivity contribution in [2.45, 2.75) is 25.3 Å². The Bertz CT molecular complexity index is 519. The molecule has 3 heteroatoms. The molecule has 2 aliphatic rings. The number of hydrogen-bond acceptors (Lipinski definition) is 3. The summed E-state index contributed by atoms with van der Waals surface area (Å²) < 4.78 is 0. The molecule has 17 heavy (non-hydrogen) atoms. The molecule has 88 valence electrons. The van der Waals surface area contributed by atoms with Gasteiger partial charge in [-0.15, -0.1) is 0 Å². The van der Waals surface area contributed by atoms with Crippen LogP contribution in [0.5, 0.6) is 0 Å². The number of fused-ring (bicyclic) bond motifs is 1. The second-order valence-electron chi connectivity index (χ2n) is 4.84. The van der Waals surface area contributed by atoms with Crippen molar-refractivity contribution in [3.8, 4) is 0 Å². The normalized spacial score (nSPS) is 26.8. The highest BCUT2D eigenvalue weighted by molar-refractivity contribution is 8.13. The van der Waals surface area contributed by atoms with Crippen molar-refractivity contribution in [1.82, 2.24) is 0 Å². The van der Waals surface area contributed by atoms with Gasteiger partial charge in [-0.1, -0.05) is 42.1 Å². The second kappa shape index (κ2) is 3.91. The number of nitrogens with two attached hydrogens (primary N) is 1. The van der Waals surface area contributed by atoms with Gasteiger partial charge in [0.05, 0.1) is 5.54 Å². The summed E-state index contributed by atoms with van der Waals surface area (Å²) in [5.74, 6) is 1.06. The third kappa shape index (κ3) is 1.89. The van der Waals surface area contributed by atoms with Gasteiger partial charge in [-0.2, -0.15) is 0 Å². The van der Waals surface area contributed by atoms with Crippen LogP contribution in [0.1, 0.15) is 30.0 Å². The minimum atomic E-state index is -0.132. The Morgan fingerprint density at radius 2 is 2.29 bits per heavy atom. The molecule has 1 heterocycles. The molecule has 0 fully saturated rings. The topological polar surface area (TPSA) is 38.4 Å². The summed E-state index contributed by atoms with van der Waals surface area (Å²) in [5, 5.41) is 0.720.